The third kappa shape index (κ3) is 2.67. The van der Waals surface area contributed by atoms with Crippen LogP contribution < -0.4 is 0 Å². The lowest BCUT2D eigenvalue weighted by atomic mass is 9.98. The van der Waals surface area contributed by atoms with Crippen molar-refractivity contribution in [1.82, 2.24) is 0 Å². The van der Waals surface area contributed by atoms with Crippen LogP contribution in [0.1, 0.15) is 30.0 Å². The molecule has 2 aromatic rings. The van der Waals surface area contributed by atoms with Crippen LogP contribution in [0.3, 0.4) is 0 Å². The molecule has 2 aromatic carbocycles. The van der Waals surface area contributed by atoms with Crippen molar-refractivity contribution in [3.05, 3.63) is 70.8 Å². The molecule has 0 fully saturated rings. The van der Waals surface area contributed by atoms with E-state index in [2.05, 4.69) is 67.8 Å². The maximum atomic E-state index is 11.1. The van der Waals surface area contributed by atoms with Gasteiger partial charge in [-0.3, -0.25) is 0 Å². The van der Waals surface area contributed by atoms with Crippen LogP contribution in [0, 0.1) is 0 Å². The van der Waals surface area contributed by atoms with Gasteiger partial charge in [0.2, 0.25) is 0 Å². The van der Waals surface area contributed by atoms with Gasteiger partial charge in [-0.15, -0.1) is 11.8 Å². The highest BCUT2D eigenvalue weighted by atomic mass is 32.2. The molecule has 0 spiro atoms. The number of allylic oxidation sites excluding steroid dienone is 3. The maximum Gasteiger partial charge on any atom is 0.124 e. The van der Waals surface area contributed by atoms with Gasteiger partial charge in [0.05, 0.1) is 0 Å². The topological polar surface area (TPSA) is 17.1 Å². The standard InChI is InChI=1S/C20H18OS/c1-14-17-5-3-4-6-19(17)20(18(14)11-12-21)13-15-7-9-16(22-2)10-8-15/h3-10,12-13H,11H2,1-2H3/b20-13+. The van der Waals surface area contributed by atoms with Crippen LogP contribution in [0.15, 0.2) is 59.0 Å². The van der Waals surface area contributed by atoms with Gasteiger partial charge in [-0.25, -0.2) is 0 Å². The van der Waals surface area contributed by atoms with Crippen molar-refractivity contribution in [3.8, 4) is 0 Å². The van der Waals surface area contributed by atoms with Crippen LogP contribution in [-0.2, 0) is 4.79 Å². The second-order valence-corrected chi connectivity index (χ2v) is 6.23. The highest BCUT2D eigenvalue weighted by molar-refractivity contribution is 7.98. The Balaban J connectivity index is 2.10. The van der Waals surface area contributed by atoms with Gasteiger partial charge in [-0.1, -0.05) is 36.4 Å². The number of carbonyl (C=O) groups excluding carboxylic acids is 1. The molecule has 1 aliphatic carbocycles. The Morgan fingerprint density at radius 3 is 2.32 bits per heavy atom. The first-order valence-electron chi connectivity index (χ1n) is 7.34. The summed E-state index contributed by atoms with van der Waals surface area (Å²) in [5.41, 5.74) is 7.18. The van der Waals surface area contributed by atoms with Crippen molar-refractivity contribution in [3.63, 3.8) is 0 Å². The van der Waals surface area contributed by atoms with Crippen LogP contribution in [0.4, 0.5) is 0 Å². The van der Waals surface area contributed by atoms with E-state index >= 15 is 0 Å². The van der Waals surface area contributed by atoms with Crippen LogP contribution >= 0.6 is 11.8 Å². The average molecular weight is 306 g/mol. The zero-order valence-electron chi connectivity index (χ0n) is 12.8. The van der Waals surface area contributed by atoms with Gasteiger partial charge in [0.25, 0.3) is 0 Å². The summed E-state index contributed by atoms with van der Waals surface area (Å²) in [6, 6.07) is 16.9. The minimum atomic E-state index is 0.468. The van der Waals surface area contributed by atoms with E-state index in [4.69, 9.17) is 0 Å². The summed E-state index contributed by atoms with van der Waals surface area (Å²) in [6.45, 7) is 2.11. The summed E-state index contributed by atoms with van der Waals surface area (Å²) < 4.78 is 0. The number of fused-ring (bicyclic) bond motifs is 1. The summed E-state index contributed by atoms with van der Waals surface area (Å²) >= 11 is 1.74. The summed E-state index contributed by atoms with van der Waals surface area (Å²) in [4.78, 5) is 12.3. The van der Waals surface area contributed by atoms with Crippen molar-refractivity contribution >= 4 is 35.3 Å². The summed E-state index contributed by atoms with van der Waals surface area (Å²) in [5.74, 6) is 0. The Bertz CT molecular complexity index is 767. The van der Waals surface area contributed by atoms with Crippen LogP contribution in [0.2, 0.25) is 0 Å². The van der Waals surface area contributed by atoms with Crippen LogP contribution in [0.5, 0.6) is 0 Å². The normalized spacial score (nSPS) is 15.3. The van der Waals surface area contributed by atoms with Crippen molar-refractivity contribution in [2.24, 2.45) is 0 Å². The molecule has 0 amide bonds. The number of carbonyl (C=O) groups is 1. The van der Waals surface area contributed by atoms with Crippen molar-refractivity contribution in [2.45, 2.75) is 18.2 Å². The molecule has 110 valence electrons. The largest absolute Gasteiger partial charge is 0.303 e. The Labute approximate surface area is 135 Å². The predicted molar refractivity (Wildman–Crippen MR) is 95.8 cm³/mol. The average Bonchev–Trinajstić information content (AvgIpc) is 2.82. The van der Waals surface area contributed by atoms with Crippen molar-refractivity contribution < 1.29 is 4.79 Å². The Morgan fingerprint density at radius 2 is 1.68 bits per heavy atom. The number of rotatable bonds is 4. The predicted octanol–water partition coefficient (Wildman–Crippen LogP) is 5.33. The quantitative estimate of drug-likeness (QED) is 0.561. The van der Waals surface area contributed by atoms with Crippen LogP contribution in [0.25, 0.3) is 17.2 Å². The molecule has 0 saturated heterocycles. The van der Waals surface area contributed by atoms with E-state index in [-0.39, 0.29) is 0 Å². The molecular formula is C20H18OS. The number of aldehydes is 1. The molecule has 0 N–H and O–H groups in total. The van der Waals surface area contributed by atoms with Gasteiger partial charge in [0, 0.05) is 11.3 Å². The van der Waals surface area contributed by atoms with E-state index in [1.807, 2.05) is 0 Å². The molecule has 1 aliphatic rings. The lowest BCUT2D eigenvalue weighted by Crippen LogP contribution is -1.87. The SMILES string of the molecule is CSc1ccc(/C=C2\C(CC=O)=C(C)c3ccccc32)cc1. The maximum absolute atomic E-state index is 11.1. The number of hydrogen-bond acceptors (Lipinski definition) is 2. The van der Waals surface area contributed by atoms with Gasteiger partial charge in [-0.2, -0.15) is 0 Å². The van der Waals surface area contributed by atoms with E-state index in [9.17, 15) is 4.79 Å². The molecule has 0 atom stereocenters. The third-order valence-corrected chi connectivity index (χ3v) is 4.86. The molecule has 0 saturated carbocycles. The fourth-order valence-electron chi connectivity index (χ4n) is 2.95. The van der Waals surface area contributed by atoms with E-state index < -0.39 is 0 Å². The van der Waals surface area contributed by atoms with Gasteiger partial charge in [0.15, 0.2) is 0 Å². The zero-order chi connectivity index (χ0) is 15.5. The van der Waals surface area contributed by atoms with Gasteiger partial charge < -0.3 is 4.79 Å². The van der Waals surface area contributed by atoms with E-state index in [1.165, 1.54) is 32.7 Å². The van der Waals surface area contributed by atoms with Crippen molar-refractivity contribution in [2.75, 3.05) is 6.26 Å². The van der Waals surface area contributed by atoms with Gasteiger partial charge in [-0.05, 0) is 64.8 Å². The molecule has 3 rings (SSSR count). The van der Waals surface area contributed by atoms with Crippen LogP contribution in [-0.4, -0.2) is 12.5 Å². The minimum absolute atomic E-state index is 0.468. The molecule has 2 heteroatoms. The minimum Gasteiger partial charge on any atom is -0.303 e. The van der Waals surface area contributed by atoms with Gasteiger partial charge >= 0.3 is 0 Å². The first-order chi connectivity index (χ1) is 10.7. The zero-order valence-corrected chi connectivity index (χ0v) is 13.6. The van der Waals surface area contributed by atoms with Crippen molar-refractivity contribution in [1.29, 1.82) is 0 Å². The van der Waals surface area contributed by atoms with E-state index in [1.54, 1.807) is 11.8 Å². The summed E-state index contributed by atoms with van der Waals surface area (Å²) in [5, 5.41) is 0. The molecule has 0 bridgehead atoms. The second kappa shape index (κ2) is 6.37. The Hall–Kier alpha value is -2.06. The summed E-state index contributed by atoms with van der Waals surface area (Å²) in [6.07, 6.45) is 5.73. The molecule has 0 heterocycles. The highest BCUT2D eigenvalue weighted by Crippen LogP contribution is 2.43. The summed E-state index contributed by atoms with van der Waals surface area (Å²) in [7, 11) is 0. The molecule has 1 nitrogen and oxygen atoms in total. The Morgan fingerprint density at radius 1 is 1.00 bits per heavy atom. The monoisotopic (exact) mass is 306 g/mol. The Kier molecular flexibility index (Phi) is 4.30. The van der Waals surface area contributed by atoms with Gasteiger partial charge in [0.1, 0.15) is 6.29 Å². The highest BCUT2D eigenvalue weighted by Gasteiger charge is 2.22. The fourth-order valence-corrected chi connectivity index (χ4v) is 3.36. The molecule has 22 heavy (non-hydrogen) atoms. The lowest BCUT2D eigenvalue weighted by Gasteiger charge is -2.06. The number of thioether (sulfide) groups is 1. The first-order valence-corrected chi connectivity index (χ1v) is 8.56. The fraction of sp³-hybridized carbons (Fsp3) is 0.150. The molecule has 0 aliphatic heterocycles. The number of benzene rings is 2. The third-order valence-electron chi connectivity index (χ3n) is 4.11. The smallest absolute Gasteiger partial charge is 0.124 e. The first kappa shape index (κ1) is 14.9. The number of hydrogen-bond donors (Lipinski definition) is 0. The molecule has 0 aromatic heterocycles. The lowest BCUT2D eigenvalue weighted by molar-refractivity contribution is -0.107. The molecule has 0 radical (unpaired) electrons. The van der Waals surface area contributed by atoms with E-state index in [0.717, 1.165) is 11.9 Å². The van der Waals surface area contributed by atoms with E-state index in [0.29, 0.717) is 6.42 Å². The molecular weight excluding hydrogens is 288 g/mol. The second-order valence-electron chi connectivity index (χ2n) is 5.35. The molecule has 0 unspecified atom stereocenters.